The third-order valence-corrected chi connectivity index (χ3v) is 4.54. The van der Waals surface area contributed by atoms with E-state index in [2.05, 4.69) is 0 Å². The Morgan fingerprint density at radius 2 is 1.88 bits per heavy atom. The second kappa shape index (κ2) is 3.16. The van der Waals surface area contributed by atoms with Crippen LogP contribution in [0.2, 0.25) is 0 Å². The summed E-state index contributed by atoms with van der Waals surface area (Å²) in [7, 11) is 0. The van der Waals surface area contributed by atoms with E-state index in [-0.39, 0.29) is 0 Å². The Labute approximate surface area is 100 Å². The van der Waals surface area contributed by atoms with E-state index in [0.717, 1.165) is 29.9 Å². The van der Waals surface area contributed by atoms with E-state index < -0.39 is 5.60 Å². The van der Waals surface area contributed by atoms with Gasteiger partial charge in [0.05, 0.1) is 5.60 Å². The van der Waals surface area contributed by atoms with Crippen LogP contribution < -0.4 is 9.47 Å². The average Bonchev–Trinajstić information content (AvgIpc) is 2.79. The third kappa shape index (κ3) is 1.15. The normalized spacial score (nSPS) is 37.7. The topological polar surface area (TPSA) is 38.7 Å². The maximum absolute atomic E-state index is 10.8. The Morgan fingerprint density at radius 3 is 2.71 bits per heavy atom. The summed E-state index contributed by atoms with van der Waals surface area (Å²) in [6.45, 7) is 1.18. The quantitative estimate of drug-likeness (QED) is 0.805. The lowest BCUT2D eigenvalue weighted by Crippen LogP contribution is -2.21. The summed E-state index contributed by atoms with van der Waals surface area (Å²) < 4.78 is 11.3. The van der Waals surface area contributed by atoms with Crippen LogP contribution in [0, 0.1) is 11.8 Å². The van der Waals surface area contributed by atoms with E-state index in [9.17, 15) is 5.11 Å². The van der Waals surface area contributed by atoms with Crippen LogP contribution in [0.15, 0.2) is 18.2 Å². The molecule has 0 bridgehead atoms. The van der Waals surface area contributed by atoms with Crippen LogP contribution in [0.1, 0.15) is 24.8 Å². The number of fused-ring (bicyclic) bond motifs is 2. The van der Waals surface area contributed by atoms with Gasteiger partial charge in [-0.15, -0.1) is 0 Å². The zero-order chi connectivity index (χ0) is 11.5. The molecular weight excluding hydrogens is 216 g/mol. The van der Waals surface area contributed by atoms with Crippen molar-refractivity contribution < 1.29 is 14.6 Å². The minimum absolute atomic E-state index is 0.444. The first-order valence-corrected chi connectivity index (χ1v) is 6.43. The van der Waals surface area contributed by atoms with Gasteiger partial charge in [0, 0.05) is 5.56 Å². The molecule has 0 amide bonds. The van der Waals surface area contributed by atoms with Crippen molar-refractivity contribution in [2.45, 2.75) is 24.9 Å². The lowest BCUT2D eigenvalue weighted by atomic mass is 9.97. The molecule has 0 aromatic heterocycles. The second-order valence-electron chi connectivity index (χ2n) is 5.30. The first-order chi connectivity index (χ1) is 8.32. The summed E-state index contributed by atoms with van der Waals surface area (Å²) in [5.74, 6) is 2.45. The van der Waals surface area contributed by atoms with Crippen LogP contribution in [-0.2, 0) is 5.60 Å². The minimum atomic E-state index is -0.635. The SMILES string of the molecule is OC1(c2cccc3c2OCCO3)C2CCCC21. The van der Waals surface area contributed by atoms with E-state index in [0.29, 0.717) is 25.0 Å². The number of ether oxygens (including phenoxy) is 2. The standard InChI is InChI=1S/C14H16O3/c15-14(9-3-1-4-10(9)14)11-5-2-6-12-13(11)17-8-7-16-12/h2,5-6,9-10,15H,1,3-4,7-8H2. The molecule has 0 saturated heterocycles. The van der Waals surface area contributed by atoms with Crippen LogP contribution in [0.4, 0.5) is 0 Å². The average molecular weight is 232 g/mol. The van der Waals surface area contributed by atoms with Crippen molar-refractivity contribution in [2.75, 3.05) is 13.2 Å². The number of benzene rings is 1. The molecule has 3 heteroatoms. The third-order valence-electron chi connectivity index (χ3n) is 4.54. The van der Waals surface area contributed by atoms with Crippen molar-refractivity contribution in [3.8, 4) is 11.5 Å². The van der Waals surface area contributed by atoms with E-state index in [1.807, 2.05) is 18.2 Å². The molecule has 1 heterocycles. The minimum Gasteiger partial charge on any atom is -0.486 e. The molecule has 4 rings (SSSR count). The maximum Gasteiger partial charge on any atom is 0.167 e. The van der Waals surface area contributed by atoms with E-state index in [1.54, 1.807) is 0 Å². The van der Waals surface area contributed by atoms with Crippen molar-refractivity contribution >= 4 is 0 Å². The first kappa shape index (κ1) is 9.77. The second-order valence-corrected chi connectivity index (χ2v) is 5.30. The molecule has 2 atom stereocenters. The van der Waals surface area contributed by atoms with Crippen LogP contribution in [0.25, 0.3) is 0 Å². The van der Waals surface area contributed by atoms with Gasteiger partial charge in [-0.1, -0.05) is 18.6 Å². The van der Waals surface area contributed by atoms with Crippen molar-refractivity contribution in [3.63, 3.8) is 0 Å². The summed E-state index contributed by atoms with van der Waals surface area (Å²) >= 11 is 0. The van der Waals surface area contributed by atoms with Gasteiger partial charge >= 0.3 is 0 Å². The van der Waals surface area contributed by atoms with Crippen molar-refractivity contribution in [2.24, 2.45) is 11.8 Å². The molecule has 1 aliphatic heterocycles. The fourth-order valence-electron chi connectivity index (χ4n) is 3.71. The highest BCUT2D eigenvalue weighted by Gasteiger charge is 2.67. The Morgan fingerprint density at radius 1 is 1.12 bits per heavy atom. The van der Waals surface area contributed by atoms with Gasteiger partial charge in [-0.2, -0.15) is 0 Å². The Bertz CT molecular complexity index is 459. The number of aliphatic hydroxyl groups is 1. The Hall–Kier alpha value is -1.22. The summed E-state index contributed by atoms with van der Waals surface area (Å²) in [6.07, 6.45) is 3.54. The molecule has 1 N–H and O–H groups in total. The summed E-state index contributed by atoms with van der Waals surface area (Å²) in [6, 6.07) is 5.86. The smallest absolute Gasteiger partial charge is 0.167 e. The zero-order valence-corrected chi connectivity index (χ0v) is 9.69. The van der Waals surface area contributed by atoms with Gasteiger partial charge in [0.2, 0.25) is 0 Å². The molecule has 90 valence electrons. The Kier molecular flexibility index (Phi) is 1.82. The molecule has 2 saturated carbocycles. The predicted octanol–water partition coefficient (Wildman–Crippen LogP) is 2.08. The number of rotatable bonds is 1. The molecule has 2 unspecified atom stereocenters. The molecule has 0 spiro atoms. The van der Waals surface area contributed by atoms with Gasteiger partial charge in [-0.25, -0.2) is 0 Å². The van der Waals surface area contributed by atoms with E-state index in [4.69, 9.17) is 9.47 Å². The maximum atomic E-state index is 10.8. The van der Waals surface area contributed by atoms with E-state index in [1.165, 1.54) is 6.42 Å². The van der Waals surface area contributed by atoms with Crippen LogP contribution in [0.3, 0.4) is 0 Å². The highest BCUT2D eigenvalue weighted by atomic mass is 16.6. The van der Waals surface area contributed by atoms with Crippen LogP contribution >= 0.6 is 0 Å². The van der Waals surface area contributed by atoms with Gasteiger partial charge in [0.15, 0.2) is 11.5 Å². The van der Waals surface area contributed by atoms with Crippen molar-refractivity contribution in [1.82, 2.24) is 0 Å². The van der Waals surface area contributed by atoms with Crippen LogP contribution in [0.5, 0.6) is 11.5 Å². The first-order valence-electron chi connectivity index (χ1n) is 6.43. The predicted molar refractivity (Wildman–Crippen MR) is 62.2 cm³/mol. The van der Waals surface area contributed by atoms with Gasteiger partial charge in [-0.05, 0) is 30.7 Å². The summed E-state index contributed by atoms with van der Waals surface area (Å²) in [4.78, 5) is 0. The molecule has 0 radical (unpaired) electrons. The molecule has 2 fully saturated rings. The summed E-state index contributed by atoms with van der Waals surface area (Å²) in [5, 5.41) is 10.8. The van der Waals surface area contributed by atoms with Crippen molar-refractivity contribution in [1.29, 1.82) is 0 Å². The highest BCUT2D eigenvalue weighted by molar-refractivity contribution is 5.53. The van der Waals surface area contributed by atoms with Gasteiger partial charge < -0.3 is 14.6 Å². The number of para-hydroxylation sites is 1. The highest BCUT2D eigenvalue weighted by Crippen LogP contribution is 2.68. The van der Waals surface area contributed by atoms with Gasteiger partial charge in [0.25, 0.3) is 0 Å². The lowest BCUT2D eigenvalue weighted by Gasteiger charge is -2.24. The fourth-order valence-corrected chi connectivity index (χ4v) is 3.71. The van der Waals surface area contributed by atoms with Crippen molar-refractivity contribution in [3.05, 3.63) is 23.8 Å². The monoisotopic (exact) mass is 232 g/mol. The zero-order valence-electron chi connectivity index (χ0n) is 9.69. The Balaban J connectivity index is 1.79. The lowest BCUT2D eigenvalue weighted by molar-refractivity contribution is 0.0946. The number of hydrogen-bond acceptors (Lipinski definition) is 3. The van der Waals surface area contributed by atoms with Crippen LogP contribution in [-0.4, -0.2) is 18.3 Å². The fraction of sp³-hybridized carbons (Fsp3) is 0.571. The molecule has 3 nitrogen and oxygen atoms in total. The van der Waals surface area contributed by atoms with Gasteiger partial charge in [-0.3, -0.25) is 0 Å². The van der Waals surface area contributed by atoms with Gasteiger partial charge in [0.1, 0.15) is 13.2 Å². The number of hydrogen-bond donors (Lipinski definition) is 1. The summed E-state index contributed by atoms with van der Waals surface area (Å²) in [5.41, 5.74) is 0.314. The molecule has 2 aliphatic carbocycles. The molecule has 1 aromatic rings. The molecular formula is C14H16O3. The van der Waals surface area contributed by atoms with E-state index >= 15 is 0 Å². The molecule has 17 heavy (non-hydrogen) atoms. The molecule has 3 aliphatic rings. The largest absolute Gasteiger partial charge is 0.486 e. The molecule has 1 aromatic carbocycles.